The number of halogens is 1. The summed E-state index contributed by atoms with van der Waals surface area (Å²) in [5, 5.41) is 8.65. The van der Waals surface area contributed by atoms with E-state index < -0.39 is 0 Å². The summed E-state index contributed by atoms with van der Waals surface area (Å²) in [5.41, 5.74) is 1.31. The van der Waals surface area contributed by atoms with Crippen LogP contribution in [0.5, 0.6) is 0 Å². The highest BCUT2D eigenvalue weighted by molar-refractivity contribution is 14.0. The highest BCUT2D eigenvalue weighted by Crippen LogP contribution is 2.16. The van der Waals surface area contributed by atoms with Gasteiger partial charge in [0.25, 0.3) is 0 Å². The van der Waals surface area contributed by atoms with Gasteiger partial charge < -0.3 is 20.1 Å². The van der Waals surface area contributed by atoms with Crippen molar-refractivity contribution in [1.29, 1.82) is 0 Å². The number of rotatable bonds is 12. The smallest absolute Gasteiger partial charge is 0.191 e. The molecule has 0 aliphatic rings. The maximum Gasteiger partial charge on any atom is 0.191 e. The molecule has 0 bridgehead atoms. The number of aliphatic imine (C=N–C) groups is 1. The van der Waals surface area contributed by atoms with Crippen LogP contribution in [0.4, 0.5) is 0 Å². The number of nitrogens with one attached hydrogen (secondary N) is 2. The molecule has 0 fully saturated rings. The van der Waals surface area contributed by atoms with Crippen LogP contribution in [0.15, 0.2) is 16.4 Å². The van der Waals surface area contributed by atoms with E-state index in [0.717, 1.165) is 32.1 Å². The molecule has 1 aromatic heterocycles. The Kier molecular flexibility index (Phi) is 15.9. The lowest BCUT2D eigenvalue weighted by molar-refractivity contribution is 0.0487. The zero-order valence-corrected chi connectivity index (χ0v) is 18.2. The van der Waals surface area contributed by atoms with Crippen LogP contribution in [0, 0.1) is 6.92 Å². The predicted octanol–water partition coefficient (Wildman–Crippen LogP) is 3.56. The van der Waals surface area contributed by atoms with Crippen molar-refractivity contribution in [3.8, 4) is 0 Å². The summed E-state index contributed by atoms with van der Waals surface area (Å²) < 4.78 is 11.0. The van der Waals surface area contributed by atoms with Crippen LogP contribution in [-0.4, -0.2) is 45.5 Å². The summed E-state index contributed by atoms with van der Waals surface area (Å²) >= 11 is 1.75. The van der Waals surface area contributed by atoms with E-state index in [2.05, 4.69) is 47.8 Å². The maximum atomic E-state index is 5.54. The topological polar surface area (TPSA) is 54.9 Å². The van der Waals surface area contributed by atoms with E-state index in [1.165, 1.54) is 16.9 Å². The Morgan fingerprint density at radius 2 is 1.88 bits per heavy atom. The van der Waals surface area contributed by atoms with Crippen LogP contribution in [0.1, 0.15) is 37.1 Å². The second-order valence-corrected chi connectivity index (χ2v) is 6.23. The Balaban J connectivity index is 0.00000529. The molecule has 140 valence electrons. The molecule has 24 heavy (non-hydrogen) atoms. The molecule has 0 aliphatic carbocycles. The zero-order valence-electron chi connectivity index (χ0n) is 15.1. The van der Waals surface area contributed by atoms with Crippen LogP contribution in [0.25, 0.3) is 0 Å². The first kappa shape index (κ1) is 23.6. The number of hydrogen-bond donors (Lipinski definition) is 2. The largest absolute Gasteiger partial charge is 0.379 e. The molecule has 0 spiro atoms. The van der Waals surface area contributed by atoms with Crippen molar-refractivity contribution < 1.29 is 9.47 Å². The number of thiophene rings is 1. The number of unbranched alkanes of at least 4 members (excludes halogenated alkanes) is 1. The SMILES string of the molecule is CCCCOCCOCCNC(=NCc1sccc1C)NCC.I. The average molecular weight is 469 g/mol. The highest BCUT2D eigenvalue weighted by atomic mass is 127. The molecule has 0 radical (unpaired) electrons. The van der Waals surface area contributed by atoms with Gasteiger partial charge in [-0.1, -0.05) is 13.3 Å². The lowest BCUT2D eigenvalue weighted by Crippen LogP contribution is -2.39. The van der Waals surface area contributed by atoms with Crippen LogP contribution in [0.2, 0.25) is 0 Å². The molecule has 1 rings (SSSR count). The fraction of sp³-hybridized carbons (Fsp3) is 0.706. The summed E-state index contributed by atoms with van der Waals surface area (Å²) in [6.07, 6.45) is 2.29. The van der Waals surface area contributed by atoms with Gasteiger partial charge in [0, 0.05) is 24.6 Å². The van der Waals surface area contributed by atoms with Crippen molar-refractivity contribution in [3.63, 3.8) is 0 Å². The van der Waals surface area contributed by atoms with Crippen molar-refractivity contribution >= 4 is 41.3 Å². The van der Waals surface area contributed by atoms with Crippen LogP contribution < -0.4 is 10.6 Å². The van der Waals surface area contributed by atoms with Gasteiger partial charge in [-0.3, -0.25) is 0 Å². The van der Waals surface area contributed by atoms with Gasteiger partial charge in [-0.15, -0.1) is 35.3 Å². The number of aryl methyl sites for hydroxylation is 1. The molecule has 0 unspecified atom stereocenters. The summed E-state index contributed by atoms with van der Waals surface area (Å²) in [5.74, 6) is 0.836. The van der Waals surface area contributed by atoms with Gasteiger partial charge in [0.15, 0.2) is 5.96 Å². The summed E-state index contributed by atoms with van der Waals surface area (Å²) in [4.78, 5) is 5.92. The van der Waals surface area contributed by atoms with Crippen molar-refractivity contribution in [3.05, 3.63) is 21.9 Å². The van der Waals surface area contributed by atoms with Crippen LogP contribution in [-0.2, 0) is 16.0 Å². The predicted molar refractivity (Wildman–Crippen MR) is 114 cm³/mol. The number of guanidine groups is 1. The Morgan fingerprint density at radius 1 is 1.12 bits per heavy atom. The molecular weight excluding hydrogens is 437 g/mol. The minimum absolute atomic E-state index is 0. The number of ether oxygens (including phenoxy) is 2. The molecule has 0 saturated carbocycles. The standard InChI is InChI=1S/C17H31N3O2S.HI/c1-4-6-9-21-11-12-22-10-8-19-17(18-5-2)20-14-16-15(3)7-13-23-16;/h7,13H,4-6,8-12,14H2,1-3H3,(H2,18,19,20);1H. The third-order valence-corrected chi connectivity index (χ3v) is 4.25. The Hall–Kier alpha value is -0.380. The van der Waals surface area contributed by atoms with Gasteiger partial charge in [0.2, 0.25) is 0 Å². The van der Waals surface area contributed by atoms with Gasteiger partial charge >= 0.3 is 0 Å². The molecule has 2 N–H and O–H groups in total. The first-order valence-corrected chi connectivity index (χ1v) is 9.36. The zero-order chi connectivity index (χ0) is 16.8. The van der Waals surface area contributed by atoms with E-state index in [-0.39, 0.29) is 24.0 Å². The summed E-state index contributed by atoms with van der Waals surface area (Å²) in [7, 11) is 0. The van der Waals surface area contributed by atoms with Gasteiger partial charge in [-0.25, -0.2) is 4.99 Å². The molecule has 0 atom stereocenters. The second kappa shape index (κ2) is 16.1. The third kappa shape index (κ3) is 11.2. The van der Waals surface area contributed by atoms with E-state index >= 15 is 0 Å². The van der Waals surface area contributed by atoms with E-state index in [0.29, 0.717) is 26.4 Å². The average Bonchev–Trinajstić information content (AvgIpc) is 2.96. The molecule has 5 nitrogen and oxygen atoms in total. The molecule has 1 heterocycles. The second-order valence-electron chi connectivity index (χ2n) is 5.23. The van der Waals surface area contributed by atoms with E-state index in [9.17, 15) is 0 Å². The lowest BCUT2D eigenvalue weighted by Gasteiger charge is -2.11. The van der Waals surface area contributed by atoms with Crippen molar-refractivity contribution in [2.24, 2.45) is 4.99 Å². The summed E-state index contributed by atoms with van der Waals surface area (Å²) in [6.45, 7) is 11.5. The third-order valence-electron chi connectivity index (χ3n) is 3.25. The van der Waals surface area contributed by atoms with Crippen LogP contribution in [0.3, 0.4) is 0 Å². The first-order valence-electron chi connectivity index (χ1n) is 8.48. The van der Waals surface area contributed by atoms with E-state index in [1.54, 1.807) is 11.3 Å². The Labute approximate surface area is 167 Å². The molecule has 1 aromatic rings. The number of hydrogen-bond acceptors (Lipinski definition) is 4. The quantitative estimate of drug-likeness (QED) is 0.213. The minimum atomic E-state index is 0. The van der Waals surface area contributed by atoms with Crippen molar-refractivity contribution in [2.45, 2.75) is 40.2 Å². The van der Waals surface area contributed by atoms with Crippen molar-refractivity contribution in [1.82, 2.24) is 10.6 Å². The summed E-state index contributed by atoms with van der Waals surface area (Å²) in [6, 6.07) is 2.13. The molecule has 7 heteroatoms. The Bertz CT molecular complexity index is 441. The minimum Gasteiger partial charge on any atom is -0.379 e. The van der Waals surface area contributed by atoms with Crippen LogP contribution >= 0.6 is 35.3 Å². The lowest BCUT2D eigenvalue weighted by atomic mass is 10.3. The van der Waals surface area contributed by atoms with E-state index in [1.807, 2.05) is 0 Å². The normalized spacial score (nSPS) is 11.2. The van der Waals surface area contributed by atoms with Gasteiger partial charge in [-0.05, 0) is 37.3 Å². The Morgan fingerprint density at radius 3 is 2.50 bits per heavy atom. The molecular formula is C17H32IN3O2S. The van der Waals surface area contributed by atoms with E-state index in [4.69, 9.17) is 9.47 Å². The monoisotopic (exact) mass is 469 g/mol. The highest BCUT2D eigenvalue weighted by Gasteiger charge is 2.01. The fourth-order valence-corrected chi connectivity index (χ4v) is 2.70. The first-order chi connectivity index (χ1) is 11.3. The van der Waals surface area contributed by atoms with Gasteiger partial charge in [-0.2, -0.15) is 0 Å². The molecule has 0 amide bonds. The van der Waals surface area contributed by atoms with Gasteiger partial charge in [0.05, 0.1) is 26.4 Å². The van der Waals surface area contributed by atoms with Gasteiger partial charge in [0.1, 0.15) is 0 Å². The molecule has 0 saturated heterocycles. The number of nitrogens with zero attached hydrogens (tertiary/aromatic N) is 1. The maximum absolute atomic E-state index is 5.54. The molecule has 0 aliphatic heterocycles. The molecule has 0 aromatic carbocycles. The fourth-order valence-electron chi connectivity index (χ4n) is 1.87. The van der Waals surface area contributed by atoms with Crippen molar-refractivity contribution in [2.75, 3.05) is 39.5 Å².